The van der Waals surface area contributed by atoms with Crippen molar-refractivity contribution in [3.63, 3.8) is 0 Å². The Morgan fingerprint density at radius 1 is 1.06 bits per heavy atom. The molecule has 0 aliphatic heterocycles. The van der Waals surface area contributed by atoms with Crippen LogP contribution in [0.15, 0.2) is 57.4 Å². The summed E-state index contributed by atoms with van der Waals surface area (Å²) in [5, 5.41) is 8.45. The summed E-state index contributed by atoms with van der Waals surface area (Å²) in [6.07, 6.45) is 0.208. The molecule has 0 fully saturated rings. The molecule has 0 spiro atoms. The first kappa shape index (κ1) is 24.9. The van der Waals surface area contributed by atoms with Gasteiger partial charge < -0.3 is 13.9 Å². The minimum atomic E-state index is -3.64. The molecule has 0 N–H and O–H groups in total. The van der Waals surface area contributed by atoms with Crippen LogP contribution in [-0.2, 0) is 22.0 Å². The van der Waals surface area contributed by atoms with Crippen molar-refractivity contribution in [2.45, 2.75) is 19.1 Å². The second-order valence-corrected chi connectivity index (χ2v) is 10.8. The molecule has 4 aromatic rings. The molecular formula is C24H23BrFN3O5S. The Morgan fingerprint density at radius 3 is 2.37 bits per heavy atom. The number of hydrogen-bond acceptors (Lipinski definition) is 7. The highest BCUT2D eigenvalue weighted by molar-refractivity contribution is 9.10. The first-order chi connectivity index (χ1) is 16.7. The number of benzene rings is 2. The van der Waals surface area contributed by atoms with E-state index in [2.05, 4.69) is 26.1 Å². The summed E-state index contributed by atoms with van der Waals surface area (Å²) in [4.78, 5) is 0. The fourth-order valence-electron chi connectivity index (χ4n) is 3.67. The minimum absolute atomic E-state index is 0.164. The third-order valence-electron chi connectivity index (χ3n) is 5.36. The van der Waals surface area contributed by atoms with Crippen LogP contribution in [-0.4, -0.2) is 43.2 Å². The fraction of sp³-hybridized carbons (Fsp3) is 0.250. The van der Waals surface area contributed by atoms with Gasteiger partial charge in [0.15, 0.2) is 21.4 Å². The van der Waals surface area contributed by atoms with E-state index in [0.717, 1.165) is 0 Å². The van der Waals surface area contributed by atoms with Crippen molar-refractivity contribution >= 4 is 25.8 Å². The maximum Gasteiger partial charge on any atom is 0.204 e. The first-order valence-corrected chi connectivity index (χ1v) is 13.2. The Morgan fingerprint density at radius 2 is 1.77 bits per heavy atom. The molecule has 8 nitrogen and oxygen atoms in total. The number of nitrogens with zero attached hydrogens (tertiary/aromatic N) is 3. The summed E-state index contributed by atoms with van der Waals surface area (Å²) in [6.45, 7) is 1.80. The van der Waals surface area contributed by atoms with Crippen LogP contribution >= 0.6 is 15.9 Å². The lowest BCUT2D eigenvalue weighted by Crippen LogP contribution is -2.16. The maximum absolute atomic E-state index is 13.4. The van der Waals surface area contributed by atoms with Gasteiger partial charge in [0.1, 0.15) is 34.5 Å². The molecule has 0 atom stereocenters. The number of hydrogen-bond donors (Lipinski definition) is 0. The number of halogens is 2. The molecular weight excluding hydrogens is 541 g/mol. The van der Waals surface area contributed by atoms with Crippen molar-refractivity contribution < 1.29 is 26.7 Å². The van der Waals surface area contributed by atoms with E-state index < -0.39 is 15.7 Å². The standard InChI is InChI=1S/C24H23BrFN3O5S/c1-15-7-10-21(34-15)24-28-27-22(29(24)23-19(32-2)5-4-6-20(23)33-3)14-35(30,31)12-11-16-8-9-17(26)13-18(16)25/h4-10,13H,11-12,14H2,1-3H3. The quantitative estimate of drug-likeness (QED) is 0.285. The minimum Gasteiger partial charge on any atom is -0.494 e. The normalized spacial score (nSPS) is 11.6. The summed E-state index contributed by atoms with van der Waals surface area (Å²) < 4.78 is 58.6. The first-order valence-electron chi connectivity index (χ1n) is 10.6. The average molecular weight is 564 g/mol. The molecule has 0 radical (unpaired) electrons. The van der Waals surface area contributed by atoms with Gasteiger partial charge in [0.2, 0.25) is 5.82 Å². The molecule has 0 saturated carbocycles. The van der Waals surface area contributed by atoms with E-state index in [1.165, 1.54) is 26.4 Å². The number of aryl methyl sites for hydroxylation is 2. The topological polar surface area (TPSA) is 96.5 Å². The zero-order valence-corrected chi connectivity index (χ0v) is 21.7. The second-order valence-electron chi connectivity index (χ2n) is 7.77. The predicted molar refractivity (Wildman–Crippen MR) is 132 cm³/mol. The van der Waals surface area contributed by atoms with E-state index in [1.54, 1.807) is 47.9 Å². The van der Waals surface area contributed by atoms with E-state index in [9.17, 15) is 12.8 Å². The zero-order valence-electron chi connectivity index (χ0n) is 19.3. The van der Waals surface area contributed by atoms with E-state index in [0.29, 0.717) is 44.6 Å². The highest BCUT2D eigenvalue weighted by atomic mass is 79.9. The Bertz CT molecular complexity index is 1440. The van der Waals surface area contributed by atoms with Crippen LogP contribution in [0, 0.1) is 12.7 Å². The van der Waals surface area contributed by atoms with Crippen LogP contribution in [0.4, 0.5) is 4.39 Å². The SMILES string of the molecule is COc1cccc(OC)c1-n1c(CS(=O)(=O)CCc2ccc(F)cc2Br)nnc1-c1ccc(C)o1. The summed E-state index contributed by atoms with van der Waals surface area (Å²) in [5.41, 5.74) is 1.15. The second kappa shape index (κ2) is 10.2. The lowest BCUT2D eigenvalue weighted by molar-refractivity contribution is 0.390. The summed E-state index contributed by atoms with van der Waals surface area (Å²) in [6, 6.07) is 12.9. The van der Waals surface area contributed by atoms with Gasteiger partial charge in [-0.1, -0.05) is 28.1 Å². The highest BCUT2D eigenvalue weighted by Gasteiger charge is 2.27. The molecule has 0 amide bonds. The van der Waals surface area contributed by atoms with Crippen LogP contribution in [0.1, 0.15) is 17.1 Å². The van der Waals surface area contributed by atoms with Gasteiger partial charge in [-0.3, -0.25) is 4.57 Å². The molecule has 2 aromatic heterocycles. The average Bonchev–Trinajstić information content (AvgIpc) is 3.43. The monoisotopic (exact) mass is 563 g/mol. The van der Waals surface area contributed by atoms with Gasteiger partial charge in [-0.2, -0.15) is 0 Å². The number of sulfone groups is 1. The highest BCUT2D eigenvalue weighted by Crippen LogP contribution is 2.37. The molecule has 2 heterocycles. The predicted octanol–water partition coefficient (Wildman–Crippen LogP) is 4.91. The number of para-hydroxylation sites is 1. The molecule has 4 rings (SSSR count). The van der Waals surface area contributed by atoms with Gasteiger partial charge in [-0.15, -0.1) is 10.2 Å². The molecule has 184 valence electrons. The third-order valence-corrected chi connectivity index (χ3v) is 7.63. The molecule has 0 aliphatic rings. The number of ether oxygens (including phenoxy) is 2. The number of methoxy groups -OCH3 is 2. The molecule has 11 heteroatoms. The number of rotatable bonds is 9. The molecule has 0 aliphatic carbocycles. The molecule has 0 bridgehead atoms. The lowest BCUT2D eigenvalue weighted by Gasteiger charge is -2.17. The van der Waals surface area contributed by atoms with Crippen molar-refractivity contribution in [2.75, 3.05) is 20.0 Å². The van der Waals surface area contributed by atoms with Gasteiger partial charge in [-0.25, -0.2) is 12.8 Å². The van der Waals surface area contributed by atoms with Gasteiger partial charge in [0.25, 0.3) is 0 Å². The zero-order chi connectivity index (χ0) is 25.2. The third kappa shape index (κ3) is 5.40. The van der Waals surface area contributed by atoms with E-state index in [-0.39, 0.29) is 23.8 Å². The molecule has 2 aromatic carbocycles. The Balaban J connectivity index is 1.75. The Hall–Kier alpha value is -3.18. The van der Waals surface area contributed by atoms with Gasteiger partial charge in [0, 0.05) is 4.47 Å². The van der Waals surface area contributed by atoms with Crippen LogP contribution in [0.2, 0.25) is 0 Å². The smallest absolute Gasteiger partial charge is 0.204 e. The van der Waals surface area contributed by atoms with Crippen LogP contribution in [0.3, 0.4) is 0 Å². The van der Waals surface area contributed by atoms with Crippen molar-refractivity contribution in [1.29, 1.82) is 0 Å². The Kier molecular flexibility index (Phi) is 7.27. The van der Waals surface area contributed by atoms with E-state index in [4.69, 9.17) is 13.9 Å². The lowest BCUT2D eigenvalue weighted by atomic mass is 10.2. The summed E-state index contributed by atoms with van der Waals surface area (Å²) in [7, 11) is -0.623. The maximum atomic E-state index is 13.4. The van der Waals surface area contributed by atoms with Crippen LogP contribution in [0.5, 0.6) is 11.5 Å². The van der Waals surface area contributed by atoms with Gasteiger partial charge in [0.05, 0.1) is 20.0 Å². The molecule has 0 unspecified atom stereocenters. The fourth-order valence-corrected chi connectivity index (χ4v) is 5.47. The van der Waals surface area contributed by atoms with Gasteiger partial charge in [-0.05, 0) is 55.3 Å². The van der Waals surface area contributed by atoms with Crippen molar-refractivity contribution in [3.05, 3.63) is 76.0 Å². The van der Waals surface area contributed by atoms with Crippen molar-refractivity contribution in [3.8, 4) is 28.8 Å². The molecule has 0 saturated heterocycles. The van der Waals surface area contributed by atoms with Crippen molar-refractivity contribution in [1.82, 2.24) is 14.8 Å². The van der Waals surface area contributed by atoms with Gasteiger partial charge >= 0.3 is 0 Å². The van der Waals surface area contributed by atoms with Crippen LogP contribution < -0.4 is 9.47 Å². The summed E-state index contributed by atoms with van der Waals surface area (Å²) in [5.74, 6) is 1.51. The largest absolute Gasteiger partial charge is 0.494 e. The van der Waals surface area contributed by atoms with Crippen molar-refractivity contribution in [2.24, 2.45) is 0 Å². The van der Waals surface area contributed by atoms with Crippen LogP contribution in [0.25, 0.3) is 17.3 Å². The van der Waals surface area contributed by atoms with E-state index in [1.807, 2.05) is 0 Å². The van der Waals surface area contributed by atoms with E-state index >= 15 is 0 Å². The summed E-state index contributed by atoms with van der Waals surface area (Å²) >= 11 is 3.29. The molecule has 35 heavy (non-hydrogen) atoms. The Labute approximate surface area is 210 Å². The number of furan rings is 1. The number of aromatic nitrogens is 3.